The molecule has 0 amide bonds. The van der Waals surface area contributed by atoms with Crippen molar-refractivity contribution in [3.63, 3.8) is 0 Å². The number of ketones is 3. The number of allylic oxidation sites excluding steroid dienone is 1. The fourth-order valence-electron chi connectivity index (χ4n) is 7.70. The maximum atomic E-state index is 13.6. The van der Waals surface area contributed by atoms with E-state index < -0.39 is 5.97 Å². The number of hydrogen-bond acceptors (Lipinski definition) is 5. The van der Waals surface area contributed by atoms with Crippen LogP contribution >= 0.6 is 0 Å². The van der Waals surface area contributed by atoms with E-state index in [1.54, 1.807) is 0 Å². The fraction of sp³-hybridized carbons (Fsp3) is 0.750. The van der Waals surface area contributed by atoms with Crippen LogP contribution in [-0.2, 0) is 23.9 Å². The summed E-state index contributed by atoms with van der Waals surface area (Å²) in [4.78, 5) is 49.7. The zero-order valence-electron chi connectivity index (χ0n) is 18.0. The van der Waals surface area contributed by atoms with E-state index in [-0.39, 0.29) is 58.5 Å². The molecule has 0 heterocycles. The van der Waals surface area contributed by atoms with Crippen molar-refractivity contribution in [2.45, 2.75) is 66.2 Å². The number of carbonyl (C=O) groups excluding carboxylic acids is 4. The molecule has 4 aliphatic carbocycles. The molecular formula is C24H32O5. The first-order chi connectivity index (χ1) is 13.6. The molecule has 3 fully saturated rings. The molecule has 0 spiro atoms. The Morgan fingerprint density at radius 3 is 2.62 bits per heavy atom. The molecule has 158 valence electrons. The molecule has 0 aromatic heterocycles. The second kappa shape index (κ2) is 6.88. The van der Waals surface area contributed by atoms with E-state index >= 15 is 0 Å². The number of hydrogen-bond donors (Lipinski definition) is 0. The Morgan fingerprint density at radius 1 is 1.21 bits per heavy atom. The first-order valence-corrected chi connectivity index (χ1v) is 11.0. The smallest absolute Gasteiger partial charge is 0.303 e. The minimum Gasteiger partial charge on any atom is -0.458 e. The first-order valence-electron chi connectivity index (χ1n) is 11.0. The zero-order chi connectivity index (χ0) is 21.1. The zero-order valence-corrected chi connectivity index (χ0v) is 18.0. The summed E-state index contributed by atoms with van der Waals surface area (Å²) in [6.07, 6.45) is 6.25. The van der Waals surface area contributed by atoms with E-state index in [9.17, 15) is 19.2 Å². The van der Waals surface area contributed by atoms with Crippen LogP contribution < -0.4 is 0 Å². The van der Waals surface area contributed by atoms with Crippen LogP contribution in [0.5, 0.6) is 0 Å². The Kier molecular flexibility index (Phi) is 4.86. The molecule has 0 radical (unpaired) electrons. The second-order valence-electron chi connectivity index (χ2n) is 10.4. The molecule has 4 rings (SSSR count). The average molecular weight is 401 g/mol. The Labute approximate surface area is 172 Å². The third kappa shape index (κ3) is 3.03. The van der Waals surface area contributed by atoms with Gasteiger partial charge in [0.2, 0.25) is 0 Å². The lowest BCUT2D eigenvalue weighted by molar-refractivity contribution is -0.153. The molecule has 0 unspecified atom stereocenters. The van der Waals surface area contributed by atoms with Gasteiger partial charge in [-0.1, -0.05) is 26.3 Å². The predicted molar refractivity (Wildman–Crippen MR) is 107 cm³/mol. The van der Waals surface area contributed by atoms with E-state index in [1.165, 1.54) is 12.5 Å². The molecule has 3 saturated carbocycles. The van der Waals surface area contributed by atoms with Gasteiger partial charge in [0.25, 0.3) is 0 Å². The van der Waals surface area contributed by atoms with Gasteiger partial charge in [0, 0.05) is 31.6 Å². The number of carbonyl (C=O) groups is 4. The summed E-state index contributed by atoms with van der Waals surface area (Å²) in [5.41, 5.74) is 0.593. The summed E-state index contributed by atoms with van der Waals surface area (Å²) < 4.78 is 5.01. The number of fused-ring (bicyclic) bond motifs is 5. The Bertz CT molecular complexity index is 810. The normalized spacial score (nSPS) is 43.7. The van der Waals surface area contributed by atoms with Gasteiger partial charge < -0.3 is 4.74 Å². The van der Waals surface area contributed by atoms with Crippen molar-refractivity contribution in [3.05, 3.63) is 11.6 Å². The molecule has 0 aliphatic heterocycles. The summed E-state index contributed by atoms with van der Waals surface area (Å²) in [7, 11) is 0. The number of esters is 1. The second-order valence-corrected chi connectivity index (χ2v) is 10.4. The van der Waals surface area contributed by atoms with Crippen LogP contribution in [0.1, 0.15) is 66.2 Å². The molecule has 0 saturated heterocycles. The highest BCUT2D eigenvalue weighted by Crippen LogP contribution is 2.66. The molecule has 29 heavy (non-hydrogen) atoms. The monoisotopic (exact) mass is 400 g/mol. The molecular weight excluding hydrogens is 368 g/mol. The van der Waals surface area contributed by atoms with Gasteiger partial charge in [-0.15, -0.1) is 0 Å². The van der Waals surface area contributed by atoms with Gasteiger partial charge in [-0.2, -0.15) is 0 Å². The van der Waals surface area contributed by atoms with E-state index in [2.05, 4.69) is 20.8 Å². The van der Waals surface area contributed by atoms with Crippen LogP contribution in [-0.4, -0.2) is 29.9 Å². The quantitative estimate of drug-likeness (QED) is 0.675. The molecule has 5 heteroatoms. The van der Waals surface area contributed by atoms with Crippen molar-refractivity contribution >= 4 is 23.3 Å². The van der Waals surface area contributed by atoms with Crippen molar-refractivity contribution in [1.82, 2.24) is 0 Å². The van der Waals surface area contributed by atoms with Crippen LogP contribution in [0.2, 0.25) is 0 Å². The molecule has 0 N–H and O–H groups in total. The summed E-state index contributed by atoms with van der Waals surface area (Å²) in [5, 5.41) is 0. The van der Waals surface area contributed by atoms with Gasteiger partial charge in [0.15, 0.2) is 11.6 Å². The third-order valence-corrected chi connectivity index (χ3v) is 8.76. The minimum absolute atomic E-state index is 0.0387. The fourth-order valence-corrected chi connectivity index (χ4v) is 7.70. The maximum absolute atomic E-state index is 13.6. The van der Waals surface area contributed by atoms with Crippen molar-refractivity contribution in [2.24, 2.45) is 40.4 Å². The van der Waals surface area contributed by atoms with Crippen LogP contribution in [0.25, 0.3) is 0 Å². The van der Waals surface area contributed by atoms with Crippen molar-refractivity contribution in [1.29, 1.82) is 0 Å². The van der Waals surface area contributed by atoms with Crippen LogP contribution in [0.3, 0.4) is 0 Å². The summed E-state index contributed by atoms with van der Waals surface area (Å²) >= 11 is 0. The van der Waals surface area contributed by atoms with Crippen molar-refractivity contribution < 1.29 is 23.9 Å². The molecule has 0 aromatic carbocycles. The lowest BCUT2D eigenvalue weighted by Gasteiger charge is -2.56. The van der Waals surface area contributed by atoms with E-state index in [0.717, 1.165) is 25.7 Å². The van der Waals surface area contributed by atoms with E-state index in [1.807, 2.05) is 6.08 Å². The lowest BCUT2D eigenvalue weighted by Crippen LogP contribution is -2.55. The first kappa shape index (κ1) is 20.5. The lowest BCUT2D eigenvalue weighted by atomic mass is 9.46. The van der Waals surface area contributed by atoms with Crippen molar-refractivity contribution in [3.8, 4) is 0 Å². The molecule has 0 aromatic rings. The number of Topliss-reactive ketones (excluding diaryl/α,β-unsaturated/α-hetero) is 2. The Hall–Kier alpha value is -1.78. The van der Waals surface area contributed by atoms with E-state index in [4.69, 9.17) is 4.74 Å². The molecule has 0 bridgehead atoms. The summed E-state index contributed by atoms with van der Waals surface area (Å²) in [5.74, 6) is 0.444. The average Bonchev–Trinajstić information content (AvgIpc) is 2.89. The third-order valence-electron chi connectivity index (χ3n) is 8.76. The Balaban J connectivity index is 1.66. The van der Waals surface area contributed by atoms with Crippen LogP contribution in [0.4, 0.5) is 0 Å². The highest BCUT2D eigenvalue weighted by Gasteiger charge is 2.64. The summed E-state index contributed by atoms with van der Waals surface area (Å²) in [6.45, 7) is 7.53. The maximum Gasteiger partial charge on any atom is 0.303 e. The SMILES string of the molecule is CC(=O)OCC(=O)[C@H]1[C@H](C)C[C@H]2[C@@H]3CCC4=CC(=O)CC[C@]4(C)[C@H]3C(=O)C[C@@]21C. The minimum atomic E-state index is -0.447. The highest BCUT2D eigenvalue weighted by atomic mass is 16.5. The summed E-state index contributed by atoms with van der Waals surface area (Å²) in [6, 6.07) is 0. The van der Waals surface area contributed by atoms with Gasteiger partial charge in [-0.3, -0.25) is 19.2 Å². The van der Waals surface area contributed by atoms with Gasteiger partial charge in [0.1, 0.15) is 12.4 Å². The van der Waals surface area contributed by atoms with Gasteiger partial charge in [-0.25, -0.2) is 0 Å². The molecule has 7 atom stereocenters. The van der Waals surface area contributed by atoms with E-state index in [0.29, 0.717) is 18.8 Å². The van der Waals surface area contributed by atoms with Crippen LogP contribution in [0, 0.1) is 40.4 Å². The molecule has 5 nitrogen and oxygen atoms in total. The molecule has 4 aliphatic rings. The standard InChI is InChI=1S/C24H32O5/c1-13-9-18-17-6-5-15-10-16(26)7-8-23(15,3)22(17)19(27)11-24(18,4)21(13)20(28)12-29-14(2)25/h10,13,17-18,21-22H,5-9,11-12H2,1-4H3/t13-,17+,18+,21-,22-,23+,24+/m1/s1. The van der Waals surface area contributed by atoms with Crippen molar-refractivity contribution in [2.75, 3.05) is 6.61 Å². The van der Waals surface area contributed by atoms with Crippen LogP contribution in [0.15, 0.2) is 11.6 Å². The largest absolute Gasteiger partial charge is 0.458 e. The number of rotatable bonds is 3. The predicted octanol–water partition coefficient (Wildman–Crippen LogP) is 3.69. The highest BCUT2D eigenvalue weighted by molar-refractivity contribution is 5.93. The van der Waals surface area contributed by atoms with Gasteiger partial charge in [0.05, 0.1) is 0 Å². The Morgan fingerprint density at radius 2 is 1.93 bits per heavy atom. The van der Waals surface area contributed by atoms with Gasteiger partial charge in [-0.05, 0) is 60.3 Å². The number of ether oxygens (including phenoxy) is 1. The van der Waals surface area contributed by atoms with Gasteiger partial charge >= 0.3 is 5.97 Å². The topological polar surface area (TPSA) is 77.5 Å².